The first-order chi connectivity index (χ1) is 17.5. The molecule has 5 aliphatic rings. The van der Waals surface area contributed by atoms with E-state index in [9.17, 15) is 19.8 Å². The summed E-state index contributed by atoms with van der Waals surface area (Å²) in [6.07, 6.45) is 18.3. The monoisotopic (exact) mass is 611 g/mol. The van der Waals surface area contributed by atoms with Crippen molar-refractivity contribution in [2.24, 2.45) is 29.1 Å². The first-order valence-corrected chi connectivity index (χ1v) is 16.1. The van der Waals surface area contributed by atoms with Crippen molar-refractivity contribution in [3.63, 3.8) is 0 Å². The van der Waals surface area contributed by atoms with Gasteiger partial charge in [-0.2, -0.15) is 0 Å². The Morgan fingerprint density at radius 1 is 0.889 bits per heavy atom. The van der Waals surface area contributed by atoms with Crippen LogP contribution in [0.25, 0.3) is 0 Å². The molecule has 1 saturated heterocycles. The highest BCUT2D eigenvalue weighted by atomic mass is 127. The van der Waals surface area contributed by atoms with Crippen LogP contribution < -0.4 is 0 Å². The number of amides is 1. The van der Waals surface area contributed by atoms with Crippen LogP contribution in [0.3, 0.4) is 0 Å². The highest BCUT2D eigenvalue weighted by Gasteiger charge is 2.65. The number of carbonyl (C=O) groups is 2. The highest BCUT2D eigenvalue weighted by Crippen LogP contribution is 2.59. The molecule has 5 nitrogen and oxygen atoms in total. The summed E-state index contributed by atoms with van der Waals surface area (Å²) in [4.78, 5) is 30.4. The van der Waals surface area contributed by atoms with Gasteiger partial charge in [0.15, 0.2) is 0 Å². The molecule has 1 amide bonds. The number of hydrogen-bond acceptors (Lipinski definition) is 3. The fourth-order valence-electron chi connectivity index (χ4n) is 9.00. The zero-order valence-electron chi connectivity index (χ0n) is 21.9. The summed E-state index contributed by atoms with van der Waals surface area (Å²) in [6.45, 7) is 0.225. The van der Waals surface area contributed by atoms with Crippen LogP contribution in [-0.4, -0.2) is 45.7 Å². The summed E-state index contributed by atoms with van der Waals surface area (Å²) in [7, 11) is 0. The number of allylic oxidation sites excluding steroid dienone is 2. The van der Waals surface area contributed by atoms with Crippen LogP contribution in [-0.2, 0) is 9.59 Å². The average molecular weight is 612 g/mol. The number of aliphatic hydroxyl groups is 1. The lowest BCUT2D eigenvalue weighted by atomic mass is 9.51. The van der Waals surface area contributed by atoms with Crippen molar-refractivity contribution < 1.29 is 19.8 Å². The topological polar surface area (TPSA) is 77.8 Å². The third kappa shape index (κ3) is 4.91. The van der Waals surface area contributed by atoms with Crippen LogP contribution in [0.2, 0.25) is 0 Å². The fraction of sp³-hybridized carbons (Fsp3) is 0.867. The number of aliphatic hydroxyl groups excluding tert-OH is 1. The zero-order valence-corrected chi connectivity index (χ0v) is 24.1. The van der Waals surface area contributed by atoms with Crippen LogP contribution >= 0.6 is 22.6 Å². The largest absolute Gasteiger partial charge is 0.481 e. The summed E-state index contributed by atoms with van der Waals surface area (Å²) in [6, 6.07) is -0.00366. The van der Waals surface area contributed by atoms with Crippen molar-refractivity contribution in [2.45, 2.75) is 128 Å². The van der Waals surface area contributed by atoms with Gasteiger partial charge < -0.3 is 15.1 Å². The molecule has 4 fully saturated rings. The van der Waals surface area contributed by atoms with E-state index < -0.39 is 11.4 Å². The third-order valence-electron chi connectivity index (χ3n) is 10.8. The molecule has 36 heavy (non-hydrogen) atoms. The van der Waals surface area contributed by atoms with Gasteiger partial charge in [0.05, 0.1) is 11.5 Å². The molecule has 5 rings (SSSR count). The Labute approximate surface area is 231 Å². The second kappa shape index (κ2) is 11.6. The molecule has 0 spiro atoms. The van der Waals surface area contributed by atoms with Gasteiger partial charge in [-0.25, -0.2) is 0 Å². The van der Waals surface area contributed by atoms with Crippen molar-refractivity contribution in [2.75, 3.05) is 6.61 Å². The van der Waals surface area contributed by atoms with E-state index in [0.29, 0.717) is 18.2 Å². The third-order valence-corrected chi connectivity index (χ3v) is 12.1. The minimum atomic E-state index is -0.879. The fourth-order valence-corrected chi connectivity index (χ4v) is 9.85. The van der Waals surface area contributed by atoms with Crippen molar-refractivity contribution in [1.82, 2.24) is 4.90 Å². The molecular formula is C30H46INO4. The number of fused-ring (bicyclic) bond motifs is 1. The van der Waals surface area contributed by atoms with Gasteiger partial charge in [-0.1, -0.05) is 37.7 Å². The van der Waals surface area contributed by atoms with E-state index in [1.165, 1.54) is 22.0 Å². The average Bonchev–Trinajstić information content (AvgIpc) is 2.91. The molecule has 3 saturated carbocycles. The smallest absolute Gasteiger partial charge is 0.312 e. The first kappa shape index (κ1) is 27.0. The molecule has 0 aromatic rings. The van der Waals surface area contributed by atoms with Gasteiger partial charge in [-0.15, -0.1) is 0 Å². The molecule has 2 N–H and O–H groups in total. The lowest BCUT2D eigenvalue weighted by Crippen LogP contribution is -2.70. The second-order valence-corrected chi connectivity index (χ2v) is 14.0. The quantitative estimate of drug-likeness (QED) is 0.322. The maximum Gasteiger partial charge on any atom is 0.312 e. The van der Waals surface area contributed by atoms with E-state index in [4.69, 9.17) is 0 Å². The van der Waals surface area contributed by atoms with Crippen LogP contribution in [0.15, 0.2) is 9.15 Å². The SMILES string of the molecule is O=C1C2CCCCC2[C@](CC2=C(I)CCCC2)(C(=O)O)[C@H](C2CCC(CO)CC2)N1C1CCCCC1. The first-order valence-electron chi connectivity index (χ1n) is 15.0. The summed E-state index contributed by atoms with van der Waals surface area (Å²) < 4.78 is 1.38. The Morgan fingerprint density at radius 3 is 2.22 bits per heavy atom. The molecule has 2 unspecified atom stereocenters. The summed E-state index contributed by atoms with van der Waals surface area (Å²) in [5, 5.41) is 21.2. The van der Waals surface area contributed by atoms with E-state index in [0.717, 1.165) is 96.3 Å². The van der Waals surface area contributed by atoms with E-state index in [-0.39, 0.29) is 36.4 Å². The standard InChI is InChI=1S/C30H46INO4/c31-26-13-7-4-8-22(26)18-30(29(35)36)25-12-6-5-11-24(25)28(34)32(23-9-2-1-3-10-23)27(30)21-16-14-20(19-33)15-17-21/h20-21,23-25,27,33H,1-19H2,(H,35,36)/t20?,21?,24?,25?,27-,30-/m0/s1. The van der Waals surface area contributed by atoms with Crippen molar-refractivity contribution in [1.29, 1.82) is 0 Å². The van der Waals surface area contributed by atoms with Crippen molar-refractivity contribution in [3.8, 4) is 0 Å². The van der Waals surface area contributed by atoms with E-state index in [2.05, 4.69) is 27.5 Å². The normalized spacial score (nSPS) is 38.7. The molecule has 202 valence electrons. The Balaban J connectivity index is 1.63. The van der Waals surface area contributed by atoms with Crippen LogP contribution in [0.1, 0.15) is 116 Å². The number of piperidine rings is 1. The van der Waals surface area contributed by atoms with E-state index in [1.807, 2.05) is 0 Å². The van der Waals surface area contributed by atoms with Gasteiger partial charge >= 0.3 is 5.97 Å². The highest BCUT2D eigenvalue weighted by molar-refractivity contribution is 14.1. The molecule has 0 bridgehead atoms. The maximum absolute atomic E-state index is 14.4. The number of likely N-dealkylation sites (tertiary alicyclic amines) is 1. The number of hydrogen-bond donors (Lipinski definition) is 2. The number of rotatable bonds is 6. The summed E-state index contributed by atoms with van der Waals surface area (Å²) in [5.74, 6) is 0.0418. The zero-order chi connectivity index (χ0) is 25.3. The number of aliphatic carboxylic acids is 1. The molecule has 0 aromatic carbocycles. The molecule has 0 aromatic heterocycles. The Bertz CT molecular complexity index is 844. The van der Waals surface area contributed by atoms with E-state index >= 15 is 0 Å². The minimum Gasteiger partial charge on any atom is -0.481 e. The Kier molecular flexibility index (Phi) is 8.71. The molecule has 1 heterocycles. The van der Waals surface area contributed by atoms with Crippen molar-refractivity contribution >= 4 is 34.5 Å². The summed E-state index contributed by atoms with van der Waals surface area (Å²) in [5.41, 5.74) is 0.497. The van der Waals surface area contributed by atoms with E-state index in [1.54, 1.807) is 0 Å². The van der Waals surface area contributed by atoms with Crippen LogP contribution in [0.5, 0.6) is 0 Å². The lowest BCUT2D eigenvalue weighted by molar-refractivity contribution is -0.191. The van der Waals surface area contributed by atoms with Gasteiger partial charge in [-0.05, 0) is 127 Å². The number of carbonyl (C=O) groups excluding carboxylic acids is 1. The molecule has 6 heteroatoms. The molecule has 0 radical (unpaired) electrons. The molecule has 4 atom stereocenters. The van der Waals surface area contributed by atoms with Crippen LogP contribution in [0.4, 0.5) is 0 Å². The summed E-state index contributed by atoms with van der Waals surface area (Å²) >= 11 is 2.49. The predicted molar refractivity (Wildman–Crippen MR) is 150 cm³/mol. The lowest BCUT2D eigenvalue weighted by Gasteiger charge is -2.61. The minimum absolute atomic E-state index is 0.0460. The number of carboxylic acids is 1. The number of halogens is 1. The second-order valence-electron chi connectivity index (χ2n) is 12.7. The van der Waals surface area contributed by atoms with Crippen LogP contribution in [0, 0.1) is 29.1 Å². The predicted octanol–water partition coefficient (Wildman–Crippen LogP) is 6.86. The molecule has 4 aliphatic carbocycles. The van der Waals surface area contributed by atoms with Gasteiger partial charge in [0.25, 0.3) is 0 Å². The van der Waals surface area contributed by atoms with Gasteiger partial charge in [0, 0.05) is 18.6 Å². The Morgan fingerprint density at radius 2 is 1.56 bits per heavy atom. The molecular weight excluding hydrogens is 565 g/mol. The van der Waals surface area contributed by atoms with Gasteiger partial charge in [-0.3, -0.25) is 9.59 Å². The number of carboxylic acid groups (broad SMARTS) is 1. The maximum atomic E-state index is 14.4. The van der Waals surface area contributed by atoms with Crippen molar-refractivity contribution in [3.05, 3.63) is 9.15 Å². The van der Waals surface area contributed by atoms with Gasteiger partial charge in [0.2, 0.25) is 5.91 Å². The molecule has 1 aliphatic heterocycles. The number of nitrogens with zero attached hydrogens (tertiary/aromatic N) is 1. The van der Waals surface area contributed by atoms with Gasteiger partial charge in [0.1, 0.15) is 0 Å². The Hall–Kier alpha value is -0.630.